The quantitative estimate of drug-likeness (QED) is 0.680. The number of rotatable bonds is 5. The Hall–Kier alpha value is -1.74. The van der Waals surface area contributed by atoms with Gasteiger partial charge in [0.2, 0.25) is 11.8 Å². The molecule has 0 spiro atoms. The number of nitrogens with one attached hydrogen (secondary N) is 3. The van der Waals surface area contributed by atoms with E-state index < -0.39 is 11.6 Å². The average molecular weight is 387 g/mol. The topological polar surface area (TPSA) is 70.2 Å². The van der Waals surface area contributed by atoms with E-state index in [2.05, 4.69) is 16.0 Å². The van der Waals surface area contributed by atoms with E-state index in [1.165, 1.54) is 12.1 Å². The van der Waals surface area contributed by atoms with Crippen molar-refractivity contribution in [3.8, 4) is 0 Å². The molecule has 9 heteroatoms. The molecule has 1 aliphatic carbocycles. The molecule has 1 aliphatic heterocycles. The van der Waals surface area contributed by atoms with Crippen LogP contribution in [-0.4, -0.2) is 29.5 Å². The van der Waals surface area contributed by atoms with Gasteiger partial charge in [0.15, 0.2) is 0 Å². The predicted octanol–water partition coefficient (Wildman–Crippen LogP) is 2.69. The first-order valence-corrected chi connectivity index (χ1v) is 9.24. The Kier molecular flexibility index (Phi) is 5.47. The van der Waals surface area contributed by atoms with Crippen molar-refractivity contribution in [1.29, 1.82) is 0 Å². The number of thioether (sulfide) groups is 1. The van der Waals surface area contributed by atoms with E-state index >= 15 is 0 Å². The van der Waals surface area contributed by atoms with Gasteiger partial charge in [0.25, 0.3) is 0 Å². The van der Waals surface area contributed by atoms with Gasteiger partial charge in [0.05, 0.1) is 24.7 Å². The molecule has 0 radical (unpaired) electrons. The zero-order valence-corrected chi connectivity index (χ0v) is 14.9. The third-order valence-electron chi connectivity index (χ3n) is 4.47. The maximum absolute atomic E-state index is 12.5. The normalized spacial score (nSPS) is 24.7. The van der Waals surface area contributed by atoms with Gasteiger partial charge in [-0.05, 0) is 55.1 Å². The van der Waals surface area contributed by atoms with E-state index in [9.17, 15) is 22.8 Å². The third kappa shape index (κ3) is 5.14. The molecule has 2 aliphatic rings. The first-order valence-electron chi connectivity index (χ1n) is 8.43. The Labute approximate surface area is 153 Å². The second kappa shape index (κ2) is 7.48. The zero-order chi connectivity index (χ0) is 18.9. The smallest absolute Gasteiger partial charge is 0.348 e. The molecular formula is C17H20F3N3O2S. The number of carbonyl (C=O) groups excluding carboxylic acids is 2. The molecule has 26 heavy (non-hydrogen) atoms. The van der Waals surface area contributed by atoms with E-state index in [0.29, 0.717) is 11.5 Å². The molecule has 5 nitrogen and oxygen atoms in total. The summed E-state index contributed by atoms with van der Waals surface area (Å²) in [6.45, 7) is 1.76. The van der Waals surface area contributed by atoms with Gasteiger partial charge in [-0.25, -0.2) is 0 Å². The summed E-state index contributed by atoms with van der Waals surface area (Å²) in [6.07, 6.45) is 1.97. The van der Waals surface area contributed by atoms with Gasteiger partial charge in [-0.3, -0.25) is 14.9 Å². The maximum atomic E-state index is 12.5. The van der Waals surface area contributed by atoms with Crippen molar-refractivity contribution in [3.05, 3.63) is 29.8 Å². The van der Waals surface area contributed by atoms with E-state index in [0.717, 1.165) is 12.8 Å². The zero-order valence-electron chi connectivity index (χ0n) is 14.1. The lowest BCUT2D eigenvalue weighted by Gasteiger charge is -2.31. The van der Waals surface area contributed by atoms with Crippen LogP contribution in [-0.2, 0) is 9.59 Å². The van der Waals surface area contributed by atoms with Crippen molar-refractivity contribution in [2.75, 3.05) is 0 Å². The van der Waals surface area contributed by atoms with Crippen molar-refractivity contribution >= 4 is 23.6 Å². The Morgan fingerprint density at radius 1 is 1.27 bits per heavy atom. The summed E-state index contributed by atoms with van der Waals surface area (Å²) < 4.78 is 37.1. The SMILES string of the molecule is C[C@@H](NC(=O)C1CC(=O)NC(C2CC2)N1)c1ccc(SC(F)(F)F)cc1. The first-order chi connectivity index (χ1) is 12.2. The Morgan fingerprint density at radius 3 is 2.50 bits per heavy atom. The number of hydrogen-bond donors (Lipinski definition) is 3. The molecule has 3 N–H and O–H groups in total. The molecule has 2 unspecified atom stereocenters. The standard InChI is InChI=1S/C17H20F3N3O2S/c1-9(10-4-6-12(7-5-10)26-17(18,19)20)21-16(25)13-8-14(24)23-15(22-13)11-2-3-11/h4-7,9,11,13,15,22H,2-3,8H2,1H3,(H,21,25)(H,23,24)/t9-,13?,15?/m1/s1. The fourth-order valence-electron chi connectivity index (χ4n) is 2.94. The van der Waals surface area contributed by atoms with Gasteiger partial charge in [0.1, 0.15) is 0 Å². The van der Waals surface area contributed by atoms with Crippen LogP contribution >= 0.6 is 11.8 Å². The van der Waals surface area contributed by atoms with Crippen molar-refractivity contribution in [2.24, 2.45) is 5.92 Å². The second-order valence-corrected chi connectivity index (χ2v) is 7.79. The number of benzene rings is 1. The molecule has 2 fully saturated rings. The number of amides is 2. The molecule has 0 bridgehead atoms. The van der Waals surface area contributed by atoms with Crippen molar-refractivity contribution in [1.82, 2.24) is 16.0 Å². The summed E-state index contributed by atoms with van der Waals surface area (Å²) in [7, 11) is 0. The van der Waals surface area contributed by atoms with Gasteiger partial charge in [-0.15, -0.1) is 0 Å². The highest BCUT2D eigenvalue weighted by Crippen LogP contribution is 2.37. The van der Waals surface area contributed by atoms with Crippen LogP contribution in [0.2, 0.25) is 0 Å². The van der Waals surface area contributed by atoms with Crippen LogP contribution in [0.1, 0.15) is 37.8 Å². The van der Waals surface area contributed by atoms with Crippen LogP contribution in [0.15, 0.2) is 29.2 Å². The lowest BCUT2D eigenvalue weighted by Crippen LogP contribution is -2.61. The highest BCUT2D eigenvalue weighted by molar-refractivity contribution is 8.00. The molecule has 3 rings (SSSR count). The van der Waals surface area contributed by atoms with Gasteiger partial charge in [-0.2, -0.15) is 13.2 Å². The van der Waals surface area contributed by atoms with Gasteiger partial charge in [-0.1, -0.05) is 12.1 Å². The summed E-state index contributed by atoms with van der Waals surface area (Å²) in [5.74, 6) is -0.0561. The van der Waals surface area contributed by atoms with Crippen molar-refractivity contribution < 1.29 is 22.8 Å². The van der Waals surface area contributed by atoms with Gasteiger partial charge in [0, 0.05) is 4.90 Å². The Balaban J connectivity index is 1.57. The maximum Gasteiger partial charge on any atom is 0.446 e. The highest BCUT2D eigenvalue weighted by Gasteiger charge is 2.39. The molecular weight excluding hydrogens is 367 g/mol. The summed E-state index contributed by atoms with van der Waals surface area (Å²) in [5, 5.41) is 8.84. The predicted molar refractivity (Wildman–Crippen MR) is 91.1 cm³/mol. The molecule has 0 aromatic heterocycles. The number of hydrogen-bond acceptors (Lipinski definition) is 4. The molecule has 1 saturated heterocycles. The molecule has 1 aromatic carbocycles. The van der Waals surface area contributed by atoms with E-state index in [1.54, 1.807) is 19.1 Å². The molecule has 2 amide bonds. The van der Waals surface area contributed by atoms with Crippen LogP contribution < -0.4 is 16.0 Å². The summed E-state index contributed by atoms with van der Waals surface area (Å²) in [4.78, 5) is 24.4. The fourth-order valence-corrected chi connectivity index (χ4v) is 3.48. The van der Waals surface area contributed by atoms with E-state index in [-0.39, 0.29) is 47.1 Å². The van der Waals surface area contributed by atoms with Gasteiger partial charge >= 0.3 is 5.51 Å². The molecule has 3 atom stereocenters. The minimum atomic E-state index is -4.33. The van der Waals surface area contributed by atoms with Gasteiger partial charge < -0.3 is 10.6 Å². The number of carbonyl (C=O) groups is 2. The van der Waals surface area contributed by atoms with E-state index in [1.807, 2.05) is 0 Å². The van der Waals surface area contributed by atoms with Crippen LogP contribution in [0, 0.1) is 5.92 Å². The van der Waals surface area contributed by atoms with Crippen LogP contribution in [0.25, 0.3) is 0 Å². The summed E-state index contributed by atoms with van der Waals surface area (Å²) in [6, 6.07) is 4.91. The second-order valence-electron chi connectivity index (χ2n) is 6.65. The third-order valence-corrected chi connectivity index (χ3v) is 5.21. The average Bonchev–Trinajstić information content (AvgIpc) is 3.38. The summed E-state index contributed by atoms with van der Waals surface area (Å²) >= 11 is -0.175. The highest BCUT2D eigenvalue weighted by atomic mass is 32.2. The monoisotopic (exact) mass is 387 g/mol. The Bertz CT molecular complexity index is 677. The number of halogens is 3. The largest absolute Gasteiger partial charge is 0.446 e. The lowest BCUT2D eigenvalue weighted by atomic mass is 10.1. The molecule has 1 aromatic rings. The number of alkyl halides is 3. The van der Waals surface area contributed by atoms with Crippen LogP contribution in [0.3, 0.4) is 0 Å². The molecule has 142 valence electrons. The minimum absolute atomic E-state index is 0.0724. The van der Waals surface area contributed by atoms with E-state index in [4.69, 9.17) is 0 Å². The summed E-state index contributed by atoms with van der Waals surface area (Å²) in [5.41, 5.74) is -3.63. The fraction of sp³-hybridized carbons (Fsp3) is 0.529. The van der Waals surface area contributed by atoms with Crippen molar-refractivity contribution in [2.45, 2.75) is 54.8 Å². The Morgan fingerprint density at radius 2 is 1.92 bits per heavy atom. The van der Waals surface area contributed by atoms with Crippen LogP contribution in [0.4, 0.5) is 13.2 Å². The van der Waals surface area contributed by atoms with Crippen molar-refractivity contribution in [3.63, 3.8) is 0 Å². The molecule has 1 saturated carbocycles. The minimum Gasteiger partial charge on any atom is -0.348 e. The molecule has 1 heterocycles. The van der Waals surface area contributed by atoms with Crippen LogP contribution in [0.5, 0.6) is 0 Å². The lowest BCUT2D eigenvalue weighted by molar-refractivity contribution is -0.132. The first kappa shape index (κ1) is 19.0.